The lowest BCUT2D eigenvalue weighted by Gasteiger charge is -2.31. The second kappa shape index (κ2) is 21.6. The summed E-state index contributed by atoms with van der Waals surface area (Å²) in [6, 6.07) is -4.69. The van der Waals surface area contributed by atoms with Gasteiger partial charge < -0.3 is 52.2 Å². The van der Waals surface area contributed by atoms with E-state index in [4.69, 9.17) is 26.0 Å². The van der Waals surface area contributed by atoms with Crippen molar-refractivity contribution in [3.8, 4) is 0 Å². The van der Waals surface area contributed by atoms with Crippen molar-refractivity contribution in [2.75, 3.05) is 32.8 Å². The first-order chi connectivity index (χ1) is 23.0. The molecule has 6 amide bonds. The van der Waals surface area contributed by atoms with Crippen LogP contribution >= 0.6 is 0 Å². The molecule has 0 aliphatic carbocycles. The standard InChI is InChI=1S/C31H53N7O11/c1-6-9-20(26(42)29(45)34-13-23(39)35-21(27(33)43)10-7-8-11-32)36-28(44)22-12-19(48-16-24(40)41)14-38(22)30(46)25(18(4)5)37-31(47)49-15-17(2)3/h17-22,25H,6-16,32H2,1-5H3,(H2,33,43)(H,34,45)(H,35,39)(H,36,44)(H,37,47)(H,40,41). The van der Waals surface area contributed by atoms with Gasteiger partial charge in [0, 0.05) is 13.0 Å². The lowest BCUT2D eigenvalue weighted by molar-refractivity contribution is -0.144. The van der Waals surface area contributed by atoms with E-state index >= 15 is 0 Å². The zero-order valence-corrected chi connectivity index (χ0v) is 29.0. The summed E-state index contributed by atoms with van der Waals surface area (Å²) in [5, 5.41) is 18.7. The van der Waals surface area contributed by atoms with Gasteiger partial charge in [-0.05, 0) is 44.1 Å². The zero-order valence-electron chi connectivity index (χ0n) is 29.0. The normalized spacial score (nSPS) is 17.5. The number of hydrogen-bond donors (Lipinski definition) is 7. The van der Waals surface area contributed by atoms with Crippen molar-refractivity contribution in [1.82, 2.24) is 26.2 Å². The van der Waals surface area contributed by atoms with Crippen LogP contribution in [0.3, 0.4) is 0 Å². The van der Waals surface area contributed by atoms with Crippen molar-refractivity contribution in [2.45, 2.75) is 103 Å². The number of primary amides is 1. The number of ether oxygens (including phenoxy) is 2. The summed E-state index contributed by atoms with van der Waals surface area (Å²) in [4.78, 5) is 102. The minimum atomic E-state index is -1.34. The Balaban J connectivity index is 3.07. The largest absolute Gasteiger partial charge is 0.480 e. The minimum Gasteiger partial charge on any atom is -0.480 e. The van der Waals surface area contributed by atoms with Crippen LogP contribution in [0.2, 0.25) is 0 Å². The topological polar surface area (TPSA) is 279 Å². The molecule has 278 valence electrons. The number of aliphatic carboxylic acids is 1. The molecule has 0 bridgehead atoms. The summed E-state index contributed by atoms with van der Waals surface area (Å²) in [5.41, 5.74) is 10.8. The van der Waals surface area contributed by atoms with E-state index in [9.17, 15) is 38.4 Å². The molecule has 9 N–H and O–H groups in total. The fourth-order valence-electron chi connectivity index (χ4n) is 4.96. The van der Waals surface area contributed by atoms with Gasteiger partial charge in [-0.3, -0.25) is 28.8 Å². The number of nitrogens with zero attached hydrogens (tertiary/aromatic N) is 1. The van der Waals surface area contributed by atoms with Gasteiger partial charge in [-0.25, -0.2) is 9.59 Å². The van der Waals surface area contributed by atoms with E-state index in [2.05, 4.69) is 21.3 Å². The molecule has 18 heteroatoms. The zero-order chi connectivity index (χ0) is 37.3. The summed E-state index contributed by atoms with van der Waals surface area (Å²) in [7, 11) is 0. The number of likely N-dealkylation sites (tertiary alicyclic amines) is 1. The van der Waals surface area contributed by atoms with Crippen molar-refractivity contribution in [1.29, 1.82) is 0 Å². The Kier molecular flexibility index (Phi) is 18.8. The van der Waals surface area contributed by atoms with Crippen molar-refractivity contribution in [3.63, 3.8) is 0 Å². The van der Waals surface area contributed by atoms with Crippen LogP contribution in [0.5, 0.6) is 0 Å². The van der Waals surface area contributed by atoms with Gasteiger partial charge >= 0.3 is 12.1 Å². The highest BCUT2D eigenvalue weighted by molar-refractivity contribution is 6.38. The highest BCUT2D eigenvalue weighted by atomic mass is 16.5. The van der Waals surface area contributed by atoms with Crippen LogP contribution in [0.4, 0.5) is 4.79 Å². The van der Waals surface area contributed by atoms with Crippen molar-refractivity contribution < 1.29 is 52.9 Å². The summed E-state index contributed by atoms with van der Waals surface area (Å²) < 4.78 is 10.5. The van der Waals surface area contributed by atoms with Crippen LogP contribution in [-0.2, 0) is 43.0 Å². The number of carbonyl (C=O) groups excluding carboxylic acids is 7. The van der Waals surface area contributed by atoms with Gasteiger partial charge in [0.15, 0.2) is 0 Å². The fraction of sp³-hybridized carbons (Fsp3) is 0.742. The Hall–Kier alpha value is -4.32. The number of carboxylic acids is 1. The predicted octanol–water partition coefficient (Wildman–Crippen LogP) is -1.47. The number of ketones is 1. The Morgan fingerprint density at radius 3 is 2.16 bits per heavy atom. The second-order valence-corrected chi connectivity index (χ2v) is 12.6. The van der Waals surface area contributed by atoms with Crippen LogP contribution in [0, 0.1) is 11.8 Å². The predicted molar refractivity (Wildman–Crippen MR) is 174 cm³/mol. The monoisotopic (exact) mass is 699 g/mol. The van der Waals surface area contributed by atoms with E-state index in [0.29, 0.717) is 25.8 Å². The van der Waals surface area contributed by atoms with Crippen LogP contribution in [-0.4, -0.2) is 121 Å². The third-order valence-electron chi connectivity index (χ3n) is 7.51. The molecule has 18 nitrogen and oxygen atoms in total. The van der Waals surface area contributed by atoms with Gasteiger partial charge in [-0.1, -0.05) is 41.0 Å². The highest BCUT2D eigenvalue weighted by Crippen LogP contribution is 2.24. The van der Waals surface area contributed by atoms with E-state index in [0.717, 1.165) is 4.90 Å². The molecule has 49 heavy (non-hydrogen) atoms. The first kappa shape index (κ1) is 42.7. The summed E-state index contributed by atoms with van der Waals surface area (Å²) in [6.07, 6.45) is -0.0314. The lowest BCUT2D eigenvalue weighted by Crippen LogP contribution is -2.57. The maximum atomic E-state index is 13.8. The summed E-state index contributed by atoms with van der Waals surface area (Å²) >= 11 is 0. The molecule has 5 atom stereocenters. The van der Waals surface area contributed by atoms with E-state index in [1.54, 1.807) is 20.8 Å². The third-order valence-corrected chi connectivity index (χ3v) is 7.51. The number of alkyl carbamates (subject to hydrolysis) is 1. The number of nitrogens with one attached hydrogen (secondary N) is 4. The van der Waals surface area contributed by atoms with Gasteiger partial charge in [-0.2, -0.15) is 0 Å². The van der Waals surface area contributed by atoms with Crippen LogP contribution in [0.15, 0.2) is 0 Å². The molecular weight excluding hydrogens is 646 g/mol. The number of Topliss-reactive ketones (excluding diaryl/α,β-unsaturated/α-hetero) is 1. The first-order valence-electron chi connectivity index (χ1n) is 16.5. The summed E-state index contributed by atoms with van der Waals surface area (Å²) in [6.45, 7) is 7.74. The number of carboxylic acid groups (broad SMARTS) is 1. The average molecular weight is 700 g/mol. The molecule has 0 saturated carbocycles. The highest BCUT2D eigenvalue weighted by Gasteiger charge is 2.44. The maximum absolute atomic E-state index is 13.8. The van der Waals surface area contributed by atoms with Crippen LogP contribution < -0.4 is 32.7 Å². The molecule has 0 aromatic rings. The molecule has 0 radical (unpaired) electrons. The number of hydrogen-bond acceptors (Lipinski definition) is 11. The molecule has 1 saturated heterocycles. The molecule has 1 aliphatic heterocycles. The van der Waals surface area contributed by atoms with Gasteiger partial charge in [-0.15, -0.1) is 0 Å². The second-order valence-electron chi connectivity index (χ2n) is 12.6. The molecular formula is C31H53N7O11. The molecule has 0 aromatic heterocycles. The lowest BCUT2D eigenvalue weighted by atomic mass is 10.0. The smallest absolute Gasteiger partial charge is 0.407 e. The number of unbranched alkanes of at least 4 members (excludes halogenated alkanes) is 1. The van der Waals surface area contributed by atoms with Gasteiger partial charge in [0.1, 0.15) is 24.7 Å². The summed E-state index contributed by atoms with van der Waals surface area (Å²) in [5.74, 6) is -6.87. The van der Waals surface area contributed by atoms with Gasteiger partial charge in [0.25, 0.3) is 5.91 Å². The van der Waals surface area contributed by atoms with E-state index in [1.165, 1.54) is 0 Å². The average Bonchev–Trinajstić information content (AvgIpc) is 3.47. The number of rotatable bonds is 22. The van der Waals surface area contributed by atoms with Crippen molar-refractivity contribution in [3.05, 3.63) is 0 Å². The van der Waals surface area contributed by atoms with Gasteiger partial charge in [0.05, 0.1) is 25.3 Å². The fourth-order valence-corrected chi connectivity index (χ4v) is 4.96. The number of nitrogens with two attached hydrogens (primary N) is 2. The van der Waals surface area contributed by atoms with E-state index in [-0.39, 0.29) is 38.3 Å². The number of amides is 6. The molecule has 1 rings (SSSR count). The van der Waals surface area contributed by atoms with Crippen molar-refractivity contribution in [2.24, 2.45) is 23.3 Å². The molecule has 0 spiro atoms. The first-order valence-corrected chi connectivity index (χ1v) is 16.5. The molecule has 0 aromatic carbocycles. The van der Waals surface area contributed by atoms with Crippen molar-refractivity contribution >= 4 is 47.4 Å². The molecule has 5 unspecified atom stereocenters. The maximum Gasteiger partial charge on any atom is 0.407 e. The Labute approximate surface area is 286 Å². The SMILES string of the molecule is CCCC(NC(=O)C1CC(OCC(=O)O)CN1C(=O)C(NC(=O)OCC(C)C)C(C)C)C(=O)C(=O)NCC(=O)NC(CCCCN)C(N)=O. The van der Waals surface area contributed by atoms with Crippen LogP contribution in [0.25, 0.3) is 0 Å². The van der Waals surface area contributed by atoms with Gasteiger partial charge in [0.2, 0.25) is 29.4 Å². The molecule has 1 fully saturated rings. The molecule has 1 heterocycles. The Morgan fingerprint density at radius 2 is 1.61 bits per heavy atom. The minimum absolute atomic E-state index is 0.0343. The number of carbonyl (C=O) groups is 8. The third kappa shape index (κ3) is 15.2. The van der Waals surface area contributed by atoms with Crippen LogP contribution in [0.1, 0.15) is 73.1 Å². The Bertz CT molecular complexity index is 1180. The molecule has 1 aliphatic rings. The Morgan fingerprint density at radius 1 is 0.939 bits per heavy atom. The van der Waals surface area contributed by atoms with E-state index in [1.807, 2.05) is 13.8 Å². The quantitative estimate of drug-likeness (QED) is 0.0504. The van der Waals surface area contributed by atoms with E-state index < -0.39 is 96.7 Å².